The Bertz CT molecular complexity index is 1120. The Morgan fingerprint density at radius 3 is 2.35 bits per heavy atom. The van der Waals surface area contributed by atoms with Gasteiger partial charge in [-0.1, -0.05) is 64.5 Å². The molecule has 0 spiro atoms. The summed E-state index contributed by atoms with van der Waals surface area (Å²) in [5.74, 6) is -0.0887. The molecular formula is C32H47N3O4S. The topological polar surface area (TPSA) is 97.4 Å². The molecule has 1 amide bonds. The Morgan fingerprint density at radius 1 is 1.10 bits per heavy atom. The number of hydrogen-bond donors (Lipinski definition) is 2. The second kappa shape index (κ2) is 16.4. The summed E-state index contributed by atoms with van der Waals surface area (Å²) in [6, 6.07) is 7.91. The van der Waals surface area contributed by atoms with Gasteiger partial charge in [-0.3, -0.25) is 14.4 Å². The molecule has 1 aromatic carbocycles. The molecule has 2 unspecified atom stereocenters. The molecule has 0 bridgehead atoms. The highest BCUT2D eigenvalue weighted by molar-refractivity contribution is 7.13. The van der Waals surface area contributed by atoms with E-state index in [2.05, 4.69) is 53.4 Å². The number of Topliss-reactive ketones (excluding diaryl/α,β-unsaturated/α-hetero) is 2. The van der Waals surface area contributed by atoms with E-state index < -0.39 is 11.5 Å². The zero-order valence-corrected chi connectivity index (χ0v) is 25.9. The number of aromatic nitrogens is 1. The van der Waals surface area contributed by atoms with Crippen LogP contribution in [0.15, 0.2) is 42.1 Å². The first kappa shape index (κ1) is 33.4. The summed E-state index contributed by atoms with van der Waals surface area (Å²) in [6.07, 6.45) is 4.27. The maximum Gasteiger partial charge on any atom is 0.222 e. The molecule has 7 nitrogen and oxygen atoms in total. The molecule has 0 radical (unpaired) electrons. The zero-order valence-electron chi connectivity index (χ0n) is 25.1. The van der Waals surface area contributed by atoms with E-state index in [0.717, 1.165) is 30.7 Å². The van der Waals surface area contributed by atoms with Gasteiger partial charge in [0.15, 0.2) is 5.78 Å². The van der Waals surface area contributed by atoms with Crippen molar-refractivity contribution in [1.29, 1.82) is 0 Å². The fraction of sp³-hybridized carbons (Fsp3) is 0.562. The Morgan fingerprint density at radius 2 is 1.77 bits per heavy atom. The van der Waals surface area contributed by atoms with E-state index in [1.54, 1.807) is 11.3 Å². The van der Waals surface area contributed by atoms with Crippen LogP contribution in [0.2, 0.25) is 0 Å². The number of hydrogen-bond acceptors (Lipinski definition) is 7. The van der Waals surface area contributed by atoms with E-state index in [-0.39, 0.29) is 36.4 Å². The number of carbonyl (C=O) groups is 3. The van der Waals surface area contributed by atoms with E-state index in [1.165, 1.54) is 29.9 Å². The minimum Gasteiger partial charge on any atom is -0.385 e. The van der Waals surface area contributed by atoms with E-state index in [9.17, 15) is 14.4 Å². The molecule has 220 valence electrons. The molecule has 8 heteroatoms. The van der Waals surface area contributed by atoms with Crippen molar-refractivity contribution < 1.29 is 19.1 Å². The molecule has 0 aliphatic heterocycles. The highest BCUT2D eigenvalue weighted by atomic mass is 32.1. The molecule has 2 rings (SSSR count). The van der Waals surface area contributed by atoms with Crippen molar-refractivity contribution in [1.82, 2.24) is 15.6 Å². The number of ether oxygens (including phenoxy) is 1. The number of amides is 1. The monoisotopic (exact) mass is 569 g/mol. The van der Waals surface area contributed by atoms with Crippen LogP contribution in [0.25, 0.3) is 10.4 Å². The molecule has 0 fully saturated rings. The third-order valence-corrected chi connectivity index (χ3v) is 8.20. The van der Waals surface area contributed by atoms with Gasteiger partial charge in [-0.25, -0.2) is 4.98 Å². The predicted molar refractivity (Wildman–Crippen MR) is 163 cm³/mol. The normalized spacial score (nSPS) is 12.9. The van der Waals surface area contributed by atoms with E-state index in [4.69, 9.17) is 4.74 Å². The van der Waals surface area contributed by atoms with E-state index in [1.807, 2.05) is 26.3 Å². The quantitative estimate of drug-likeness (QED) is 0.190. The lowest BCUT2D eigenvalue weighted by Gasteiger charge is -2.37. The number of allylic oxidation sites excluding steroid dienone is 1. The van der Waals surface area contributed by atoms with Crippen LogP contribution in [0.1, 0.15) is 84.4 Å². The number of aryl methyl sites for hydroxylation is 1. The number of unbranched alkanes of at least 4 members (excludes halogenated alkanes) is 1. The van der Waals surface area contributed by atoms with Crippen LogP contribution in [0.3, 0.4) is 0 Å². The lowest BCUT2D eigenvalue weighted by molar-refractivity contribution is -0.130. The van der Waals surface area contributed by atoms with Crippen LogP contribution in [0.5, 0.6) is 0 Å². The van der Waals surface area contributed by atoms with Gasteiger partial charge in [0.2, 0.25) is 5.91 Å². The molecule has 0 aliphatic rings. The molecule has 2 aromatic rings. The van der Waals surface area contributed by atoms with Crippen LogP contribution in [0, 0.1) is 18.3 Å². The highest BCUT2D eigenvalue weighted by Gasteiger charge is 2.36. The number of thiazole rings is 1. The summed E-state index contributed by atoms with van der Waals surface area (Å²) in [4.78, 5) is 41.9. The summed E-state index contributed by atoms with van der Waals surface area (Å²) in [5.41, 5.74) is 5.73. The number of ketones is 2. The molecule has 1 aromatic heterocycles. The molecular weight excluding hydrogens is 522 g/mol. The average molecular weight is 570 g/mol. The molecule has 1 heterocycles. The van der Waals surface area contributed by atoms with Crippen molar-refractivity contribution in [3.8, 4) is 10.4 Å². The number of rotatable bonds is 19. The Labute approximate surface area is 244 Å². The van der Waals surface area contributed by atoms with Crippen LogP contribution < -0.4 is 10.6 Å². The third kappa shape index (κ3) is 11.0. The van der Waals surface area contributed by atoms with E-state index in [0.29, 0.717) is 26.0 Å². The van der Waals surface area contributed by atoms with Crippen molar-refractivity contribution in [2.45, 2.75) is 92.7 Å². The number of benzene rings is 1. The standard InChI is InChI=1S/C32H47N3O4S/c1-8-9-10-28(23(3)33-20-26-11-13-27(14-12-26)30-24(4)34-21-40-30)19-32(6,7)31(25(5)37)35-29(38)16-18-39-17-15-22(2)36/h11-14,21,28,31,33H,3,8-10,15-20H2,1-2,4-7H3,(H,35,38). The first-order valence-corrected chi connectivity index (χ1v) is 15.1. The van der Waals surface area contributed by atoms with Crippen molar-refractivity contribution in [3.05, 3.63) is 53.3 Å². The van der Waals surface area contributed by atoms with Gasteiger partial charge in [-0.05, 0) is 56.1 Å². The summed E-state index contributed by atoms with van der Waals surface area (Å²) in [6.45, 7) is 16.9. The van der Waals surface area contributed by atoms with Gasteiger partial charge in [0.05, 0.1) is 35.3 Å². The van der Waals surface area contributed by atoms with Gasteiger partial charge in [0, 0.05) is 25.1 Å². The maximum atomic E-state index is 12.7. The van der Waals surface area contributed by atoms with Crippen LogP contribution in [-0.4, -0.2) is 41.7 Å². The number of nitrogens with one attached hydrogen (secondary N) is 2. The lowest BCUT2D eigenvalue weighted by Crippen LogP contribution is -2.50. The zero-order chi connectivity index (χ0) is 29.7. The van der Waals surface area contributed by atoms with Gasteiger partial charge < -0.3 is 15.4 Å². The maximum absolute atomic E-state index is 12.7. The van der Waals surface area contributed by atoms with Crippen LogP contribution >= 0.6 is 11.3 Å². The van der Waals surface area contributed by atoms with Crippen LogP contribution in [0.4, 0.5) is 0 Å². The highest BCUT2D eigenvalue weighted by Crippen LogP contribution is 2.35. The summed E-state index contributed by atoms with van der Waals surface area (Å²) >= 11 is 1.65. The van der Waals surface area contributed by atoms with Crippen LogP contribution in [-0.2, 0) is 25.7 Å². The second-order valence-corrected chi connectivity index (χ2v) is 12.2. The van der Waals surface area contributed by atoms with Gasteiger partial charge >= 0.3 is 0 Å². The predicted octanol–water partition coefficient (Wildman–Crippen LogP) is 6.40. The second-order valence-electron chi connectivity index (χ2n) is 11.3. The van der Waals surface area contributed by atoms with Crippen molar-refractivity contribution in [3.63, 3.8) is 0 Å². The molecule has 2 N–H and O–H groups in total. The summed E-state index contributed by atoms with van der Waals surface area (Å²) in [7, 11) is 0. The first-order chi connectivity index (χ1) is 18.9. The Balaban J connectivity index is 1.99. The largest absolute Gasteiger partial charge is 0.385 e. The fourth-order valence-electron chi connectivity index (χ4n) is 4.88. The van der Waals surface area contributed by atoms with Crippen molar-refractivity contribution in [2.75, 3.05) is 13.2 Å². The smallest absolute Gasteiger partial charge is 0.222 e. The lowest BCUT2D eigenvalue weighted by atomic mass is 9.73. The van der Waals surface area contributed by atoms with Gasteiger partial charge in [-0.2, -0.15) is 0 Å². The average Bonchev–Trinajstić information content (AvgIpc) is 3.33. The van der Waals surface area contributed by atoms with Crippen molar-refractivity contribution in [2.24, 2.45) is 11.3 Å². The Kier molecular flexibility index (Phi) is 13.7. The molecule has 2 atom stereocenters. The third-order valence-electron chi connectivity index (χ3n) is 7.22. The minimum absolute atomic E-state index is 0.0523. The molecule has 0 saturated carbocycles. The minimum atomic E-state index is -0.614. The fourth-order valence-corrected chi connectivity index (χ4v) is 5.69. The SMILES string of the molecule is C=C(NCc1ccc(-c2scnc2C)cc1)C(CCCC)CC(C)(C)C(NC(=O)CCOCCC(C)=O)C(C)=O. The molecule has 0 aliphatic carbocycles. The Hall–Kier alpha value is -2.84. The van der Waals surface area contributed by atoms with Gasteiger partial charge in [0.25, 0.3) is 0 Å². The first-order valence-electron chi connectivity index (χ1n) is 14.2. The van der Waals surface area contributed by atoms with E-state index >= 15 is 0 Å². The summed E-state index contributed by atoms with van der Waals surface area (Å²) in [5, 5.41) is 6.48. The number of carbonyl (C=O) groups excluding carboxylic acids is 3. The molecule has 0 saturated heterocycles. The molecule has 40 heavy (non-hydrogen) atoms. The van der Waals surface area contributed by atoms with Gasteiger partial charge in [-0.15, -0.1) is 11.3 Å². The number of nitrogens with zero attached hydrogens (tertiary/aromatic N) is 1. The summed E-state index contributed by atoms with van der Waals surface area (Å²) < 4.78 is 5.39. The van der Waals surface area contributed by atoms with Crippen molar-refractivity contribution >= 4 is 28.8 Å². The van der Waals surface area contributed by atoms with Gasteiger partial charge in [0.1, 0.15) is 5.78 Å².